The fourth-order valence-corrected chi connectivity index (χ4v) is 3.73. The van der Waals surface area contributed by atoms with Gasteiger partial charge < -0.3 is 5.73 Å². The van der Waals surface area contributed by atoms with E-state index in [9.17, 15) is 0 Å². The van der Waals surface area contributed by atoms with Crippen LogP contribution < -0.4 is 5.73 Å². The molecular formula is C14H28N2. The Morgan fingerprint density at radius 1 is 1.12 bits per heavy atom. The van der Waals surface area contributed by atoms with Crippen molar-refractivity contribution in [2.24, 2.45) is 17.6 Å². The lowest BCUT2D eigenvalue weighted by Gasteiger charge is -2.36. The number of likely N-dealkylation sites (tertiary alicyclic amines) is 1. The highest BCUT2D eigenvalue weighted by Gasteiger charge is 2.34. The Morgan fingerprint density at radius 2 is 1.81 bits per heavy atom. The maximum atomic E-state index is 5.80. The molecule has 0 bridgehead atoms. The quantitative estimate of drug-likeness (QED) is 0.798. The lowest BCUT2D eigenvalue weighted by atomic mass is 9.84. The first-order valence-corrected chi connectivity index (χ1v) is 7.20. The zero-order chi connectivity index (χ0) is 11.5. The van der Waals surface area contributed by atoms with Crippen LogP contribution in [-0.4, -0.2) is 30.1 Å². The number of rotatable bonds is 3. The highest BCUT2D eigenvalue weighted by molar-refractivity contribution is 4.89. The van der Waals surface area contributed by atoms with Crippen molar-refractivity contribution in [1.29, 1.82) is 0 Å². The Hall–Kier alpha value is -0.0800. The second kappa shape index (κ2) is 5.50. The molecule has 1 aliphatic heterocycles. The molecule has 0 aromatic carbocycles. The predicted octanol–water partition coefficient (Wildman–Crippen LogP) is 2.62. The van der Waals surface area contributed by atoms with E-state index < -0.39 is 0 Å². The Labute approximate surface area is 101 Å². The van der Waals surface area contributed by atoms with Gasteiger partial charge in [0.2, 0.25) is 0 Å². The van der Waals surface area contributed by atoms with E-state index in [0.717, 1.165) is 30.5 Å². The average molecular weight is 224 g/mol. The molecule has 0 radical (unpaired) electrons. The average Bonchev–Trinajstić information content (AvgIpc) is 2.71. The Morgan fingerprint density at radius 3 is 2.31 bits per heavy atom. The maximum Gasteiger partial charge on any atom is 0.00984 e. The molecule has 2 atom stereocenters. The van der Waals surface area contributed by atoms with E-state index >= 15 is 0 Å². The van der Waals surface area contributed by atoms with E-state index in [0.29, 0.717) is 0 Å². The summed E-state index contributed by atoms with van der Waals surface area (Å²) in [4.78, 5) is 2.75. The minimum atomic E-state index is 0.763. The predicted molar refractivity (Wildman–Crippen MR) is 69.4 cm³/mol. The summed E-state index contributed by atoms with van der Waals surface area (Å²) in [6.45, 7) is 6.87. The van der Waals surface area contributed by atoms with Gasteiger partial charge in [0.15, 0.2) is 0 Å². The standard InChI is InChI=1S/C14H28N2/c1-3-12-4-6-14(7-5-12)16-10-13(9-15)8-11(16)2/h11-14H,3-10,15H2,1-2H3. The second-order valence-electron chi connectivity index (χ2n) is 5.97. The highest BCUT2D eigenvalue weighted by Crippen LogP contribution is 2.34. The SMILES string of the molecule is CCC1CCC(N2CC(CN)CC2C)CC1. The molecule has 0 aromatic heterocycles. The van der Waals surface area contributed by atoms with Crippen LogP contribution in [0.2, 0.25) is 0 Å². The molecule has 2 aliphatic rings. The summed E-state index contributed by atoms with van der Waals surface area (Å²) >= 11 is 0. The summed E-state index contributed by atoms with van der Waals surface area (Å²) in [5, 5.41) is 0. The fourth-order valence-electron chi connectivity index (χ4n) is 3.73. The number of nitrogens with zero attached hydrogens (tertiary/aromatic N) is 1. The third-order valence-electron chi connectivity index (χ3n) is 4.91. The number of nitrogens with two attached hydrogens (primary N) is 1. The monoisotopic (exact) mass is 224 g/mol. The molecule has 2 nitrogen and oxygen atoms in total. The van der Waals surface area contributed by atoms with E-state index in [1.54, 1.807) is 0 Å². The smallest absolute Gasteiger partial charge is 0.00984 e. The summed E-state index contributed by atoms with van der Waals surface area (Å²) in [7, 11) is 0. The summed E-state index contributed by atoms with van der Waals surface area (Å²) in [5.74, 6) is 1.78. The van der Waals surface area contributed by atoms with Crippen molar-refractivity contribution < 1.29 is 0 Å². The van der Waals surface area contributed by atoms with Gasteiger partial charge in [0.25, 0.3) is 0 Å². The van der Waals surface area contributed by atoms with Gasteiger partial charge in [-0.15, -0.1) is 0 Å². The van der Waals surface area contributed by atoms with E-state index in [2.05, 4.69) is 18.7 Å². The first-order valence-electron chi connectivity index (χ1n) is 7.20. The lowest BCUT2D eigenvalue weighted by Crippen LogP contribution is -2.40. The zero-order valence-electron chi connectivity index (χ0n) is 11.0. The van der Waals surface area contributed by atoms with Crippen LogP contribution in [-0.2, 0) is 0 Å². The molecule has 1 saturated carbocycles. The number of hydrogen-bond donors (Lipinski definition) is 1. The third kappa shape index (κ3) is 2.60. The largest absolute Gasteiger partial charge is 0.330 e. The highest BCUT2D eigenvalue weighted by atomic mass is 15.2. The van der Waals surface area contributed by atoms with Gasteiger partial charge in [-0.1, -0.05) is 13.3 Å². The molecule has 2 heteroatoms. The van der Waals surface area contributed by atoms with Crippen LogP contribution in [0.15, 0.2) is 0 Å². The molecule has 1 saturated heterocycles. The van der Waals surface area contributed by atoms with Crippen molar-refractivity contribution in [3.63, 3.8) is 0 Å². The Balaban J connectivity index is 1.84. The van der Waals surface area contributed by atoms with Crippen molar-refractivity contribution in [1.82, 2.24) is 4.90 Å². The molecule has 1 heterocycles. The molecule has 16 heavy (non-hydrogen) atoms. The molecule has 1 aliphatic carbocycles. The minimum Gasteiger partial charge on any atom is -0.330 e. The molecule has 94 valence electrons. The van der Waals surface area contributed by atoms with Crippen LogP contribution >= 0.6 is 0 Å². The van der Waals surface area contributed by atoms with Gasteiger partial charge in [0, 0.05) is 18.6 Å². The third-order valence-corrected chi connectivity index (χ3v) is 4.91. The van der Waals surface area contributed by atoms with Crippen LogP contribution in [0.25, 0.3) is 0 Å². The number of hydrogen-bond acceptors (Lipinski definition) is 2. The van der Waals surface area contributed by atoms with Gasteiger partial charge in [-0.25, -0.2) is 0 Å². The van der Waals surface area contributed by atoms with E-state index in [4.69, 9.17) is 5.73 Å². The first kappa shape index (κ1) is 12.4. The van der Waals surface area contributed by atoms with Gasteiger partial charge >= 0.3 is 0 Å². The Bertz CT molecular complexity index is 209. The normalized spacial score (nSPS) is 41.4. The second-order valence-corrected chi connectivity index (χ2v) is 5.97. The summed E-state index contributed by atoms with van der Waals surface area (Å²) in [6.07, 6.45) is 8.48. The van der Waals surface area contributed by atoms with Gasteiger partial charge in [-0.2, -0.15) is 0 Å². The fraction of sp³-hybridized carbons (Fsp3) is 1.00. The van der Waals surface area contributed by atoms with Crippen LogP contribution in [0.3, 0.4) is 0 Å². The molecular weight excluding hydrogens is 196 g/mol. The van der Waals surface area contributed by atoms with Crippen LogP contribution in [0, 0.1) is 11.8 Å². The van der Waals surface area contributed by atoms with E-state index in [1.807, 2.05) is 0 Å². The van der Waals surface area contributed by atoms with Gasteiger partial charge in [-0.05, 0) is 57.4 Å². The van der Waals surface area contributed by atoms with Crippen molar-refractivity contribution in [3.05, 3.63) is 0 Å². The van der Waals surface area contributed by atoms with Gasteiger partial charge in [0.1, 0.15) is 0 Å². The van der Waals surface area contributed by atoms with E-state index in [1.165, 1.54) is 45.1 Å². The molecule has 0 spiro atoms. The van der Waals surface area contributed by atoms with Gasteiger partial charge in [0.05, 0.1) is 0 Å². The topological polar surface area (TPSA) is 29.3 Å². The van der Waals surface area contributed by atoms with Gasteiger partial charge in [-0.3, -0.25) is 4.90 Å². The van der Waals surface area contributed by atoms with Crippen LogP contribution in [0.1, 0.15) is 52.4 Å². The molecule has 2 unspecified atom stereocenters. The summed E-state index contributed by atoms with van der Waals surface area (Å²) < 4.78 is 0. The minimum absolute atomic E-state index is 0.763. The lowest BCUT2D eigenvalue weighted by molar-refractivity contribution is 0.127. The van der Waals surface area contributed by atoms with Crippen molar-refractivity contribution in [3.8, 4) is 0 Å². The van der Waals surface area contributed by atoms with Crippen LogP contribution in [0.4, 0.5) is 0 Å². The first-order chi connectivity index (χ1) is 7.74. The molecule has 2 N–H and O–H groups in total. The van der Waals surface area contributed by atoms with Crippen LogP contribution in [0.5, 0.6) is 0 Å². The Kier molecular flexibility index (Phi) is 4.26. The molecule has 0 aromatic rings. The van der Waals surface area contributed by atoms with E-state index in [-0.39, 0.29) is 0 Å². The maximum absolute atomic E-state index is 5.80. The zero-order valence-corrected chi connectivity index (χ0v) is 11.0. The molecule has 2 rings (SSSR count). The molecule has 2 fully saturated rings. The summed E-state index contributed by atoms with van der Waals surface area (Å²) in [6, 6.07) is 1.64. The van der Waals surface area contributed by atoms with Crippen molar-refractivity contribution >= 4 is 0 Å². The van der Waals surface area contributed by atoms with Crippen molar-refractivity contribution in [2.45, 2.75) is 64.5 Å². The van der Waals surface area contributed by atoms with Crippen molar-refractivity contribution in [2.75, 3.05) is 13.1 Å². The molecule has 0 amide bonds. The summed E-state index contributed by atoms with van der Waals surface area (Å²) in [5.41, 5.74) is 5.80.